The van der Waals surface area contributed by atoms with Crippen LogP contribution in [-0.4, -0.2) is 73.2 Å². The molecular weight excluding hydrogens is 634 g/mol. The molecule has 4 aromatic rings. The van der Waals surface area contributed by atoms with Gasteiger partial charge in [0.2, 0.25) is 5.91 Å². The molecule has 248 valence electrons. The number of allylic oxidation sites excluding steroid dienone is 1. The second kappa shape index (κ2) is 14.5. The average molecular weight is 671 g/mol. The van der Waals surface area contributed by atoms with Crippen molar-refractivity contribution >= 4 is 47.1 Å². The van der Waals surface area contributed by atoms with E-state index < -0.39 is 24.2 Å². The van der Waals surface area contributed by atoms with Gasteiger partial charge in [-0.25, -0.2) is 8.78 Å². The number of hydrogen-bond donors (Lipinski definition) is 1. The van der Waals surface area contributed by atoms with Crippen molar-refractivity contribution in [3.05, 3.63) is 125 Å². The van der Waals surface area contributed by atoms with E-state index in [2.05, 4.69) is 10.2 Å². The highest BCUT2D eigenvalue weighted by atomic mass is 35.5. The molecule has 2 heterocycles. The average Bonchev–Trinajstić information content (AvgIpc) is 3.18. The predicted molar refractivity (Wildman–Crippen MR) is 188 cm³/mol. The lowest BCUT2D eigenvalue weighted by Gasteiger charge is -2.32. The van der Waals surface area contributed by atoms with Crippen LogP contribution in [0.2, 0.25) is 0 Å². The van der Waals surface area contributed by atoms with Gasteiger partial charge in [0, 0.05) is 73.2 Å². The number of halogens is 3. The number of rotatable bonds is 5. The van der Waals surface area contributed by atoms with Gasteiger partial charge in [0.05, 0.1) is 5.69 Å². The number of piperazine rings is 1. The number of fused-ring (bicyclic) bond motifs is 1. The molecule has 2 aliphatic rings. The minimum atomic E-state index is -3.32. The summed E-state index contributed by atoms with van der Waals surface area (Å²) in [6.07, 6.45) is 0.413. The first-order valence-corrected chi connectivity index (χ1v) is 15.7. The van der Waals surface area contributed by atoms with Gasteiger partial charge in [-0.2, -0.15) is 0 Å². The summed E-state index contributed by atoms with van der Waals surface area (Å²) in [5, 5.41) is 2.91. The van der Waals surface area contributed by atoms with Crippen LogP contribution in [0.25, 0.3) is 16.7 Å². The zero-order chi connectivity index (χ0) is 33.1. The number of carbonyl (C=O) groups excluding carboxylic acids is 3. The Morgan fingerprint density at radius 2 is 1.46 bits per heavy atom. The van der Waals surface area contributed by atoms with Crippen molar-refractivity contribution in [2.24, 2.45) is 0 Å². The zero-order valence-electron chi connectivity index (χ0n) is 26.8. The fraction of sp³-hybridized carbons (Fsp3) is 0.237. The van der Waals surface area contributed by atoms with Crippen LogP contribution in [0.15, 0.2) is 103 Å². The fourth-order valence-electron chi connectivity index (χ4n) is 6.07. The maximum Gasteiger partial charge on any atom is 0.275 e. The Kier molecular flexibility index (Phi) is 10.4. The van der Waals surface area contributed by atoms with E-state index in [1.165, 1.54) is 11.0 Å². The molecule has 1 fully saturated rings. The maximum atomic E-state index is 15.7. The predicted octanol–water partition coefficient (Wildman–Crippen LogP) is 7.18. The van der Waals surface area contributed by atoms with E-state index in [0.29, 0.717) is 43.1 Å². The van der Waals surface area contributed by atoms with E-state index >= 15 is 8.78 Å². The Morgan fingerprint density at radius 1 is 0.792 bits per heavy atom. The number of benzene rings is 4. The molecule has 1 saturated heterocycles. The number of para-hydroxylation sites is 1. The Bertz CT molecular complexity index is 1850. The third kappa shape index (κ3) is 7.32. The summed E-state index contributed by atoms with van der Waals surface area (Å²) in [6, 6.07) is 28.2. The first kappa shape index (κ1) is 34.5. The van der Waals surface area contributed by atoms with Gasteiger partial charge in [-0.15, -0.1) is 12.4 Å². The summed E-state index contributed by atoms with van der Waals surface area (Å²) in [7, 11) is 1.96. The van der Waals surface area contributed by atoms with Gasteiger partial charge in [-0.05, 0) is 61.5 Å². The van der Waals surface area contributed by atoms with Gasteiger partial charge < -0.3 is 20.0 Å². The normalized spacial score (nSPS) is 16.8. The highest BCUT2D eigenvalue weighted by Gasteiger charge is 2.41. The third-order valence-corrected chi connectivity index (χ3v) is 8.75. The van der Waals surface area contributed by atoms with Crippen LogP contribution in [0, 0.1) is 6.92 Å². The highest BCUT2D eigenvalue weighted by molar-refractivity contribution is 6.11. The molecular formula is C38H37ClF2N4O3. The monoisotopic (exact) mass is 670 g/mol. The van der Waals surface area contributed by atoms with Gasteiger partial charge in [-0.1, -0.05) is 66.2 Å². The second-order valence-electron chi connectivity index (χ2n) is 12.1. The number of likely N-dealkylation sites (N-methyl/N-ethyl adjacent to an activating group) is 1. The van der Waals surface area contributed by atoms with Gasteiger partial charge >= 0.3 is 0 Å². The lowest BCUT2D eigenvalue weighted by atomic mass is 9.96. The summed E-state index contributed by atoms with van der Waals surface area (Å²) < 4.78 is 31.4. The van der Waals surface area contributed by atoms with Gasteiger partial charge in [-0.3, -0.25) is 14.4 Å². The molecule has 0 spiro atoms. The molecule has 0 aliphatic carbocycles. The zero-order valence-corrected chi connectivity index (χ0v) is 27.6. The largest absolute Gasteiger partial charge is 0.337 e. The van der Waals surface area contributed by atoms with E-state index in [1.807, 2.05) is 50.4 Å². The van der Waals surface area contributed by atoms with Crippen LogP contribution in [-0.2, 0) is 4.79 Å². The Balaban J connectivity index is 0.00000451. The molecule has 48 heavy (non-hydrogen) atoms. The highest BCUT2D eigenvalue weighted by Crippen LogP contribution is 2.43. The summed E-state index contributed by atoms with van der Waals surface area (Å²) >= 11 is 0. The first-order valence-electron chi connectivity index (χ1n) is 15.7. The standard InChI is InChI=1S/C38H36F2N4O3.ClH/c1-26-8-7-9-28(24-26)30-10-3-4-11-31(30)36(46)41-29-16-14-27(15-17-29)37(47)44-19-18-38(39,40)33(32-12-5-6-13-34(32)44)25-35(45)43-22-20-42(2)21-23-43;/h3-17,24-25H,18-23H2,1-2H3,(H,41,46);1H. The van der Waals surface area contributed by atoms with Gasteiger partial charge in [0.15, 0.2) is 0 Å². The quantitative estimate of drug-likeness (QED) is 0.229. The van der Waals surface area contributed by atoms with Crippen LogP contribution >= 0.6 is 12.4 Å². The minimum absolute atomic E-state index is 0. The summed E-state index contributed by atoms with van der Waals surface area (Å²) in [5.74, 6) is -4.53. The van der Waals surface area contributed by atoms with Crippen molar-refractivity contribution in [2.75, 3.05) is 50.0 Å². The molecule has 3 amide bonds. The molecule has 0 saturated carbocycles. The summed E-state index contributed by atoms with van der Waals surface area (Å²) in [6.45, 7) is 4.04. The van der Waals surface area contributed by atoms with Crippen molar-refractivity contribution in [3.8, 4) is 11.1 Å². The molecule has 2 aliphatic heterocycles. The second-order valence-corrected chi connectivity index (χ2v) is 12.1. The number of carbonyl (C=O) groups is 3. The van der Waals surface area contributed by atoms with E-state index in [0.717, 1.165) is 22.8 Å². The van der Waals surface area contributed by atoms with Crippen LogP contribution in [0.1, 0.15) is 38.3 Å². The fourth-order valence-corrected chi connectivity index (χ4v) is 6.07. The SMILES string of the molecule is Cc1cccc(-c2ccccc2C(=O)Nc2ccc(C(=O)N3CCC(F)(F)C(=CC(=O)N4CCN(C)CC4)c4ccccc43)cc2)c1.Cl. The number of nitrogens with zero attached hydrogens (tertiary/aromatic N) is 3. The smallest absolute Gasteiger partial charge is 0.275 e. The van der Waals surface area contributed by atoms with Crippen molar-refractivity contribution in [1.82, 2.24) is 9.80 Å². The van der Waals surface area contributed by atoms with E-state index in [-0.39, 0.29) is 41.6 Å². The van der Waals surface area contributed by atoms with Crippen LogP contribution in [0.3, 0.4) is 0 Å². The molecule has 0 aromatic heterocycles. The lowest BCUT2D eigenvalue weighted by molar-refractivity contribution is -0.127. The lowest BCUT2D eigenvalue weighted by Crippen LogP contribution is -2.46. The summed E-state index contributed by atoms with van der Waals surface area (Å²) in [4.78, 5) is 45.3. The molecule has 0 atom stereocenters. The Morgan fingerprint density at radius 3 is 2.17 bits per heavy atom. The minimum Gasteiger partial charge on any atom is -0.337 e. The van der Waals surface area contributed by atoms with Crippen molar-refractivity contribution < 1.29 is 23.2 Å². The topological polar surface area (TPSA) is 73.0 Å². The van der Waals surface area contributed by atoms with E-state index in [1.54, 1.807) is 59.5 Å². The number of alkyl halides is 2. The molecule has 0 unspecified atom stereocenters. The molecule has 7 nitrogen and oxygen atoms in total. The number of amides is 3. The molecule has 4 aromatic carbocycles. The Labute approximate surface area is 285 Å². The number of anilines is 2. The van der Waals surface area contributed by atoms with Crippen molar-refractivity contribution in [2.45, 2.75) is 19.3 Å². The Hall–Kier alpha value is -4.86. The maximum absolute atomic E-state index is 15.7. The molecule has 0 bridgehead atoms. The number of hydrogen-bond acceptors (Lipinski definition) is 4. The van der Waals surface area contributed by atoms with Crippen molar-refractivity contribution in [1.29, 1.82) is 0 Å². The third-order valence-electron chi connectivity index (χ3n) is 8.75. The van der Waals surface area contributed by atoms with E-state index in [9.17, 15) is 14.4 Å². The molecule has 1 N–H and O–H groups in total. The molecule has 0 radical (unpaired) electrons. The van der Waals surface area contributed by atoms with Gasteiger partial charge in [0.1, 0.15) is 0 Å². The number of nitrogens with one attached hydrogen (secondary N) is 1. The van der Waals surface area contributed by atoms with Gasteiger partial charge in [0.25, 0.3) is 17.7 Å². The van der Waals surface area contributed by atoms with Crippen LogP contribution in [0.5, 0.6) is 0 Å². The molecule has 10 heteroatoms. The van der Waals surface area contributed by atoms with Crippen LogP contribution in [0.4, 0.5) is 20.2 Å². The molecule has 6 rings (SSSR count). The number of aryl methyl sites for hydroxylation is 1. The first-order chi connectivity index (χ1) is 22.6. The summed E-state index contributed by atoms with van der Waals surface area (Å²) in [5.41, 5.74) is 4.19. The van der Waals surface area contributed by atoms with E-state index in [4.69, 9.17) is 0 Å². The van der Waals surface area contributed by atoms with Crippen molar-refractivity contribution in [3.63, 3.8) is 0 Å². The van der Waals surface area contributed by atoms with Crippen LogP contribution < -0.4 is 10.2 Å².